The molecule has 0 radical (unpaired) electrons. The first-order valence-electron chi connectivity index (χ1n) is 8.72. The zero-order valence-corrected chi connectivity index (χ0v) is 17.0. The number of hydrogen-bond donors (Lipinski definition) is 2. The first-order chi connectivity index (χ1) is 12.9. The molecule has 8 heteroatoms. The fourth-order valence-electron chi connectivity index (χ4n) is 3.05. The molecule has 0 bridgehead atoms. The number of hydrogen-bond acceptors (Lipinski definition) is 6. The van der Waals surface area contributed by atoms with Crippen LogP contribution in [0.1, 0.15) is 40.2 Å². The molecule has 1 aromatic carbocycles. The molecule has 6 nitrogen and oxygen atoms in total. The van der Waals surface area contributed by atoms with Crippen LogP contribution in [0, 0.1) is 0 Å². The Labute approximate surface area is 165 Å². The summed E-state index contributed by atoms with van der Waals surface area (Å²) in [6.45, 7) is 1.97. The molecule has 2 aromatic heterocycles. The van der Waals surface area contributed by atoms with Crippen molar-refractivity contribution >= 4 is 54.8 Å². The molecule has 27 heavy (non-hydrogen) atoms. The van der Waals surface area contributed by atoms with Crippen LogP contribution in [0.25, 0.3) is 9.53 Å². The van der Waals surface area contributed by atoms with Crippen LogP contribution >= 0.6 is 22.7 Å². The van der Waals surface area contributed by atoms with Gasteiger partial charge in [-0.3, -0.25) is 9.59 Å². The van der Waals surface area contributed by atoms with Crippen molar-refractivity contribution in [3.8, 4) is 0 Å². The third-order valence-corrected chi connectivity index (χ3v) is 6.88. The second-order valence-electron chi connectivity index (χ2n) is 6.83. The second kappa shape index (κ2) is 6.94. The number of fused-ring (bicyclic) bond motifs is 2. The summed E-state index contributed by atoms with van der Waals surface area (Å²) in [5.74, 6) is -0.0320. The number of nitrogens with zero attached hydrogens (tertiary/aromatic N) is 2. The van der Waals surface area contributed by atoms with Crippen molar-refractivity contribution in [3.05, 3.63) is 40.3 Å². The molecule has 4 rings (SSSR count). The number of amides is 2. The molecule has 1 aliphatic rings. The molecule has 1 aliphatic heterocycles. The maximum atomic E-state index is 12.7. The van der Waals surface area contributed by atoms with E-state index in [9.17, 15) is 9.59 Å². The lowest BCUT2D eigenvalue weighted by Crippen LogP contribution is -2.26. The summed E-state index contributed by atoms with van der Waals surface area (Å²) in [4.78, 5) is 32.2. The molecule has 3 aromatic rings. The van der Waals surface area contributed by atoms with E-state index in [0.29, 0.717) is 11.3 Å². The number of carbonyl (C=O) groups is 2. The maximum Gasteiger partial charge on any atom is 0.261 e. The van der Waals surface area contributed by atoms with Crippen molar-refractivity contribution in [1.29, 1.82) is 0 Å². The Balaban J connectivity index is 1.49. The Bertz CT molecular complexity index is 1010. The van der Waals surface area contributed by atoms with E-state index in [0.717, 1.165) is 37.9 Å². The minimum atomic E-state index is -0.120. The molecule has 0 unspecified atom stereocenters. The monoisotopic (exact) mass is 400 g/mol. The maximum absolute atomic E-state index is 12.7. The predicted molar refractivity (Wildman–Crippen MR) is 111 cm³/mol. The first-order valence-corrected chi connectivity index (χ1v) is 10.4. The lowest BCUT2D eigenvalue weighted by molar-refractivity contribution is -0.116. The summed E-state index contributed by atoms with van der Waals surface area (Å²) in [5.41, 5.74) is 3.02. The molecule has 2 amide bonds. The Hall–Kier alpha value is -2.45. The highest BCUT2D eigenvalue weighted by Gasteiger charge is 2.19. The molecule has 3 heterocycles. The van der Waals surface area contributed by atoms with Gasteiger partial charge >= 0.3 is 0 Å². The number of anilines is 2. The van der Waals surface area contributed by atoms with E-state index in [2.05, 4.69) is 21.7 Å². The van der Waals surface area contributed by atoms with E-state index in [1.807, 2.05) is 44.1 Å². The van der Waals surface area contributed by atoms with Gasteiger partial charge in [-0.05, 0) is 36.6 Å². The summed E-state index contributed by atoms with van der Waals surface area (Å²) in [5, 5.41) is 6.89. The van der Waals surface area contributed by atoms with Crippen LogP contribution < -0.4 is 15.5 Å². The molecule has 140 valence electrons. The summed E-state index contributed by atoms with van der Waals surface area (Å²) in [6, 6.07) is 7.73. The van der Waals surface area contributed by atoms with E-state index < -0.39 is 0 Å². The minimum Gasteiger partial charge on any atom is -0.354 e. The molecular formula is C19H20N4O2S2. The largest absolute Gasteiger partial charge is 0.354 e. The Morgan fingerprint density at radius 3 is 2.81 bits per heavy atom. The van der Waals surface area contributed by atoms with Gasteiger partial charge in [0.2, 0.25) is 5.91 Å². The summed E-state index contributed by atoms with van der Waals surface area (Å²) in [6.07, 6.45) is 1.24. The zero-order chi connectivity index (χ0) is 19.1. The van der Waals surface area contributed by atoms with Crippen LogP contribution in [-0.4, -0.2) is 30.9 Å². The number of aryl methyl sites for hydroxylation is 1. The molecule has 0 spiro atoms. The summed E-state index contributed by atoms with van der Waals surface area (Å²) in [7, 11) is 3.92. The molecule has 0 saturated carbocycles. The van der Waals surface area contributed by atoms with E-state index in [1.54, 1.807) is 11.3 Å². The fraction of sp³-hybridized carbons (Fsp3) is 0.316. The standard InChI is InChI=1S/C19H20N4O2S2/c1-10(11-4-6-13-12(8-11)5-7-16(24)21-13)20-17(25)14-9-15-18(26-14)22-19(27-15)23(2)3/h4,6,8-10H,5,7H2,1-3H3,(H,20,25)(H,21,24)/t10-/m1/s1. The highest BCUT2D eigenvalue weighted by molar-refractivity contribution is 7.29. The van der Waals surface area contributed by atoms with Crippen molar-refractivity contribution in [2.45, 2.75) is 25.8 Å². The number of aromatic nitrogens is 1. The van der Waals surface area contributed by atoms with Gasteiger partial charge in [-0.2, -0.15) is 0 Å². The third-order valence-electron chi connectivity index (χ3n) is 4.56. The molecule has 0 saturated heterocycles. The van der Waals surface area contributed by atoms with Gasteiger partial charge in [-0.1, -0.05) is 23.5 Å². The van der Waals surface area contributed by atoms with Crippen molar-refractivity contribution in [2.75, 3.05) is 24.3 Å². The average molecular weight is 401 g/mol. The van der Waals surface area contributed by atoms with Gasteiger partial charge in [0.15, 0.2) is 5.13 Å². The molecule has 0 fully saturated rings. The Kier molecular flexibility index (Phi) is 4.61. The van der Waals surface area contributed by atoms with E-state index in [1.165, 1.54) is 11.3 Å². The second-order valence-corrected chi connectivity index (χ2v) is 8.87. The fourth-order valence-corrected chi connectivity index (χ4v) is 5.09. The van der Waals surface area contributed by atoms with Crippen molar-refractivity contribution in [1.82, 2.24) is 10.3 Å². The number of rotatable bonds is 4. The third kappa shape index (κ3) is 3.54. The van der Waals surface area contributed by atoms with Gasteiger partial charge in [-0.15, -0.1) is 11.3 Å². The van der Waals surface area contributed by atoms with Crippen LogP contribution in [0.5, 0.6) is 0 Å². The van der Waals surface area contributed by atoms with E-state index in [-0.39, 0.29) is 17.9 Å². The van der Waals surface area contributed by atoms with Crippen molar-refractivity contribution < 1.29 is 9.59 Å². The van der Waals surface area contributed by atoms with Gasteiger partial charge in [0.1, 0.15) is 4.83 Å². The molecule has 0 aliphatic carbocycles. The number of thiophene rings is 1. The van der Waals surface area contributed by atoms with Gasteiger partial charge in [0.25, 0.3) is 5.91 Å². The number of benzene rings is 1. The SMILES string of the molecule is C[C@@H](NC(=O)c1cc2sc(N(C)C)nc2s1)c1ccc2c(c1)CCC(=O)N2. The predicted octanol–water partition coefficient (Wildman–Crippen LogP) is 3.80. The van der Waals surface area contributed by atoms with Crippen LogP contribution in [-0.2, 0) is 11.2 Å². The number of carbonyl (C=O) groups excluding carboxylic acids is 2. The molecular weight excluding hydrogens is 380 g/mol. The average Bonchev–Trinajstić information content (AvgIpc) is 3.20. The van der Waals surface area contributed by atoms with Crippen LogP contribution in [0.4, 0.5) is 10.8 Å². The Morgan fingerprint density at radius 1 is 1.26 bits per heavy atom. The lowest BCUT2D eigenvalue weighted by atomic mass is 9.98. The normalized spacial score (nSPS) is 14.6. The van der Waals surface area contributed by atoms with Crippen LogP contribution in [0.2, 0.25) is 0 Å². The van der Waals surface area contributed by atoms with Gasteiger partial charge < -0.3 is 15.5 Å². The minimum absolute atomic E-state index is 0.0558. The smallest absolute Gasteiger partial charge is 0.261 e. The number of nitrogens with one attached hydrogen (secondary N) is 2. The highest BCUT2D eigenvalue weighted by atomic mass is 32.1. The van der Waals surface area contributed by atoms with Gasteiger partial charge in [-0.25, -0.2) is 4.98 Å². The van der Waals surface area contributed by atoms with E-state index in [4.69, 9.17) is 0 Å². The summed E-state index contributed by atoms with van der Waals surface area (Å²) < 4.78 is 1.03. The topological polar surface area (TPSA) is 74.3 Å². The highest BCUT2D eigenvalue weighted by Crippen LogP contribution is 2.34. The van der Waals surface area contributed by atoms with Crippen molar-refractivity contribution in [3.63, 3.8) is 0 Å². The summed E-state index contributed by atoms with van der Waals surface area (Å²) >= 11 is 3.00. The van der Waals surface area contributed by atoms with Crippen molar-refractivity contribution in [2.24, 2.45) is 0 Å². The molecule has 1 atom stereocenters. The lowest BCUT2D eigenvalue weighted by Gasteiger charge is -2.20. The first kappa shape index (κ1) is 17.9. The van der Waals surface area contributed by atoms with Gasteiger partial charge in [0.05, 0.1) is 15.6 Å². The zero-order valence-electron chi connectivity index (χ0n) is 15.3. The van der Waals surface area contributed by atoms with E-state index >= 15 is 0 Å². The quantitative estimate of drug-likeness (QED) is 0.699. The Morgan fingerprint density at radius 2 is 2.07 bits per heavy atom. The number of thiazole rings is 1. The molecule has 2 N–H and O–H groups in total. The van der Waals surface area contributed by atoms with Crippen LogP contribution in [0.3, 0.4) is 0 Å². The van der Waals surface area contributed by atoms with Gasteiger partial charge in [0, 0.05) is 26.2 Å². The van der Waals surface area contributed by atoms with Crippen LogP contribution in [0.15, 0.2) is 24.3 Å².